The maximum Gasteiger partial charge on any atom is 0.317 e. The van der Waals surface area contributed by atoms with Gasteiger partial charge >= 0.3 is 12.0 Å². The fourth-order valence-corrected chi connectivity index (χ4v) is 3.60. The van der Waals surface area contributed by atoms with Crippen molar-refractivity contribution in [3.63, 3.8) is 0 Å². The van der Waals surface area contributed by atoms with Gasteiger partial charge in [0.15, 0.2) is 0 Å². The first kappa shape index (κ1) is 21.2. The number of amides is 2. The highest BCUT2D eigenvalue weighted by atomic mass is 16.4. The Bertz CT molecular complexity index is 605. The molecule has 0 bridgehead atoms. The average Bonchev–Trinajstić information content (AvgIpc) is 2.56. The zero-order valence-electron chi connectivity index (χ0n) is 16.5. The van der Waals surface area contributed by atoms with Crippen LogP contribution in [-0.4, -0.2) is 71.7 Å². The van der Waals surface area contributed by atoms with Crippen molar-refractivity contribution in [3.05, 3.63) is 35.9 Å². The summed E-state index contributed by atoms with van der Waals surface area (Å²) >= 11 is 0. The fraction of sp³-hybridized carbons (Fsp3) is 0.600. The van der Waals surface area contributed by atoms with Crippen molar-refractivity contribution in [1.29, 1.82) is 0 Å². The van der Waals surface area contributed by atoms with Gasteiger partial charge in [0.2, 0.25) is 0 Å². The maximum absolute atomic E-state index is 12.2. The van der Waals surface area contributed by atoms with Crippen LogP contribution in [0.4, 0.5) is 4.79 Å². The van der Waals surface area contributed by atoms with Crippen LogP contribution in [0.1, 0.15) is 32.3 Å². The van der Waals surface area contributed by atoms with E-state index in [4.69, 9.17) is 5.11 Å². The molecule has 3 N–H and O–H groups in total. The van der Waals surface area contributed by atoms with Gasteiger partial charge in [-0.15, -0.1) is 0 Å². The largest absolute Gasteiger partial charge is 0.480 e. The van der Waals surface area contributed by atoms with Crippen LogP contribution < -0.4 is 10.6 Å². The van der Waals surface area contributed by atoms with Crippen molar-refractivity contribution in [1.82, 2.24) is 20.4 Å². The van der Waals surface area contributed by atoms with Gasteiger partial charge in [0.05, 0.1) is 6.54 Å². The first-order chi connectivity index (χ1) is 12.9. The number of carboxylic acid groups (broad SMARTS) is 1. The molecular weight excluding hydrogens is 344 g/mol. The summed E-state index contributed by atoms with van der Waals surface area (Å²) in [7, 11) is 2.04. The van der Waals surface area contributed by atoms with Gasteiger partial charge in [-0.1, -0.05) is 37.3 Å². The molecule has 1 aromatic rings. The molecule has 0 aliphatic heterocycles. The molecule has 2 rings (SSSR count). The van der Waals surface area contributed by atoms with E-state index in [-0.39, 0.29) is 30.7 Å². The van der Waals surface area contributed by atoms with Gasteiger partial charge in [-0.3, -0.25) is 9.69 Å². The number of carbonyl (C=O) groups excluding carboxylic acids is 1. The van der Waals surface area contributed by atoms with Crippen molar-refractivity contribution in [2.45, 2.75) is 51.4 Å². The Hall–Kier alpha value is -2.12. The number of urea groups is 1. The first-order valence-electron chi connectivity index (χ1n) is 9.62. The van der Waals surface area contributed by atoms with E-state index in [9.17, 15) is 9.59 Å². The normalized spacial score (nSPS) is 20.2. The fourth-order valence-electron chi connectivity index (χ4n) is 3.60. The summed E-state index contributed by atoms with van der Waals surface area (Å²) in [4.78, 5) is 27.2. The smallest absolute Gasteiger partial charge is 0.317 e. The molecule has 2 amide bonds. The van der Waals surface area contributed by atoms with Crippen molar-refractivity contribution < 1.29 is 14.7 Å². The van der Waals surface area contributed by atoms with Crippen LogP contribution in [-0.2, 0) is 11.3 Å². The third-order valence-corrected chi connectivity index (χ3v) is 4.97. The number of benzene rings is 1. The number of hydrogen-bond acceptors (Lipinski definition) is 4. The molecule has 0 heterocycles. The summed E-state index contributed by atoms with van der Waals surface area (Å²) in [5.41, 5.74) is 1.25. The summed E-state index contributed by atoms with van der Waals surface area (Å²) in [6, 6.07) is 10.5. The molecule has 7 nitrogen and oxygen atoms in total. The van der Waals surface area contributed by atoms with E-state index >= 15 is 0 Å². The lowest BCUT2D eigenvalue weighted by atomic mass is 9.85. The Kier molecular flexibility index (Phi) is 8.06. The topological polar surface area (TPSA) is 84.9 Å². The van der Waals surface area contributed by atoms with Crippen molar-refractivity contribution >= 4 is 12.0 Å². The number of aliphatic carboxylic acids is 1. The van der Waals surface area contributed by atoms with Gasteiger partial charge in [0, 0.05) is 31.2 Å². The third-order valence-electron chi connectivity index (χ3n) is 4.97. The molecule has 0 radical (unpaired) electrons. The molecule has 7 heteroatoms. The Morgan fingerprint density at radius 3 is 2.52 bits per heavy atom. The van der Waals surface area contributed by atoms with E-state index < -0.39 is 5.97 Å². The Labute approximate surface area is 161 Å². The van der Waals surface area contributed by atoms with Crippen LogP contribution in [0.3, 0.4) is 0 Å². The number of rotatable bonds is 10. The number of likely N-dealkylation sites (N-methyl/N-ethyl adjacent to an activating group) is 2. The van der Waals surface area contributed by atoms with Crippen LogP contribution in [0.15, 0.2) is 30.3 Å². The van der Waals surface area contributed by atoms with Gasteiger partial charge in [0.25, 0.3) is 0 Å². The average molecular weight is 377 g/mol. The van der Waals surface area contributed by atoms with Crippen LogP contribution >= 0.6 is 0 Å². The number of nitrogens with one attached hydrogen (secondary N) is 2. The van der Waals surface area contributed by atoms with Gasteiger partial charge in [-0.05, 0) is 38.9 Å². The zero-order valence-corrected chi connectivity index (χ0v) is 16.5. The molecule has 0 aromatic heterocycles. The highest BCUT2D eigenvalue weighted by Crippen LogP contribution is 2.25. The highest BCUT2D eigenvalue weighted by molar-refractivity contribution is 5.74. The second kappa shape index (κ2) is 10.3. The zero-order chi connectivity index (χ0) is 19.8. The number of hydrogen-bond donors (Lipinski definition) is 3. The lowest BCUT2D eigenvalue weighted by molar-refractivity contribution is -0.139. The molecule has 1 atom stereocenters. The maximum atomic E-state index is 12.2. The minimum absolute atomic E-state index is 0.0359. The summed E-state index contributed by atoms with van der Waals surface area (Å²) in [5.74, 6) is -0.806. The van der Waals surface area contributed by atoms with Gasteiger partial charge < -0.3 is 20.6 Å². The van der Waals surface area contributed by atoms with E-state index in [1.54, 1.807) is 0 Å². The Morgan fingerprint density at radius 2 is 1.93 bits per heavy atom. The molecule has 1 fully saturated rings. The van der Waals surface area contributed by atoms with Gasteiger partial charge in [-0.2, -0.15) is 0 Å². The van der Waals surface area contributed by atoms with Crippen molar-refractivity contribution in [2.75, 3.05) is 26.7 Å². The predicted molar refractivity (Wildman–Crippen MR) is 106 cm³/mol. The van der Waals surface area contributed by atoms with Crippen LogP contribution in [0.2, 0.25) is 0 Å². The summed E-state index contributed by atoms with van der Waals surface area (Å²) in [5, 5.41) is 14.9. The second-order valence-corrected chi connectivity index (χ2v) is 7.48. The molecule has 150 valence electrons. The van der Waals surface area contributed by atoms with Crippen molar-refractivity contribution in [3.8, 4) is 0 Å². The van der Waals surface area contributed by atoms with E-state index in [0.717, 1.165) is 25.9 Å². The summed E-state index contributed by atoms with van der Waals surface area (Å²) in [6.07, 6.45) is 1.60. The van der Waals surface area contributed by atoms with Crippen LogP contribution in [0, 0.1) is 0 Å². The number of carboxylic acids is 1. The first-order valence-corrected chi connectivity index (χ1v) is 9.62. The standard InChI is InChI=1S/C20H32N4O3/c1-4-24(14-19(25)26)18-10-17(11-18)22-20(27)21-15(2)12-23(3)13-16-8-6-5-7-9-16/h5-9,15,17-18H,4,10-14H2,1-3H3,(H,25,26)(H2,21,22,27)/t15-,17?,18?/m1/s1. The SMILES string of the molecule is CCN(CC(=O)O)C1CC(NC(=O)N[C@H](C)CN(C)Cc2ccccc2)C1. The molecule has 0 spiro atoms. The lowest BCUT2D eigenvalue weighted by Crippen LogP contribution is -2.57. The number of nitrogens with zero attached hydrogens (tertiary/aromatic N) is 2. The van der Waals surface area contributed by atoms with Crippen LogP contribution in [0.25, 0.3) is 0 Å². The highest BCUT2D eigenvalue weighted by Gasteiger charge is 2.34. The second-order valence-electron chi connectivity index (χ2n) is 7.48. The summed E-state index contributed by atoms with van der Waals surface area (Å²) < 4.78 is 0. The molecule has 27 heavy (non-hydrogen) atoms. The predicted octanol–water partition coefficient (Wildman–Crippen LogP) is 1.74. The van der Waals surface area contributed by atoms with E-state index in [1.165, 1.54) is 5.56 Å². The number of carbonyl (C=O) groups is 2. The molecule has 1 aromatic carbocycles. The van der Waals surface area contributed by atoms with E-state index in [1.807, 2.05) is 44.0 Å². The van der Waals surface area contributed by atoms with E-state index in [0.29, 0.717) is 6.54 Å². The minimum Gasteiger partial charge on any atom is -0.480 e. The molecular formula is C20H32N4O3. The van der Waals surface area contributed by atoms with Crippen LogP contribution in [0.5, 0.6) is 0 Å². The third kappa shape index (κ3) is 7.19. The monoisotopic (exact) mass is 376 g/mol. The molecule has 1 aliphatic carbocycles. The van der Waals surface area contributed by atoms with Gasteiger partial charge in [0.1, 0.15) is 0 Å². The minimum atomic E-state index is -0.806. The Balaban J connectivity index is 1.65. The summed E-state index contributed by atoms with van der Waals surface area (Å²) in [6.45, 7) is 6.33. The molecule has 1 saturated carbocycles. The van der Waals surface area contributed by atoms with E-state index in [2.05, 4.69) is 27.7 Å². The quantitative estimate of drug-likeness (QED) is 0.579. The lowest BCUT2D eigenvalue weighted by Gasteiger charge is -2.42. The molecule has 1 aliphatic rings. The van der Waals surface area contributed by atoms with Crippen molar-refractivity contribution in [2.24, 2.45) is 0 Å². The van der Waals surface area contributed by atoms with Gasteiger partial charge in [-0.25, -0.2) is 4.79 Å². The molecule has 0 saturated heterocycles. The molecule has 0 unspecified atom stereocenters. The Morgan fingerprint density at radius 1 is 1.26 bits per heavy atom.